The van der Waals surface area contributed by atoms with Gasteiger partial charge in [0.05, 0.1) is 4.90 Å². The summed E-state index contributed by atoms with van der Waals surface area (Å²) in [6.07, 6.45) is 3.51. The third kappa shape index (κ3) is 2.81. The van der Waals surface area contributed by atoms with Crippen LogP contribution >= 0.6 is 0 Å². The van der Waals surface area contributed by atoms with Crippen molar-refractivity contribution in [3.8, 4) is 11.5 Å². The van der Waals surface area contributed by atoms with E-state index in [0.717, 1.165) is 19.5 Å². The summed E-state index contributed by atoms with van der Waals surface area (Å²) < 4.78 is 38.5. The lowest BCUT2D eigenvalue weighted by atomic mass is 10.0. The predicted octanol–water partition coefficient (Wildman–Crippen LogP) is 1.32. The van der Waals surface area contributed by atoms with Crippen LogP contribution in [0.25, 0.3) is 0 Å². The fraction of sp³-hybridized carbons (Fsp3) is 0.625. The fourth-order valence-electron chi connectivity index (χ4n) is 3.68. The molecule has 23 heavy (non-hydrogen) atoms. The predicted molar refractivity (Wildman–Crippen MR) is 85.4 cm³/mol. The first-order valence-electron chi connectivity index (χ1n) is 8.28. The molecule has 0 unspecified atom stereocenters. The highest BCUT2D eigenvalue weighted by Crippen LogP contribution is 2.34. The Kier molecular flexibility index (Phi) is 3.95. The lowest BCUT2D eigenvalue weighted by Gasteiger charge is -2.43. The van der Waals surface area contributed by atoms with Gasteiger partial charge >= 0.3 is 0 Å². The molecule has 3 heterocycles. The van der Waals surface area contributed by atoms with Gasteiger partial charge in [0.2, 0.25) is 10.0 Å². The molecule has 7 heteroatoms. The van der Waals surface area contributed by atoms with Crippen LogP contribution in [0.2, 0.25) is 0 Å². The van der Waals surface area contributed by atoms with Crippen molar-refractivity contribution in [1.82, 2.24) is 9.21 Å². The van der Waals surface area contributed by atoms with Crippen molar-refractivity contribution >= 4 is 10.0 Å². The third-order valence-corrected chi connectivity index (χ3v) is 6.81. The van der Waals surface area contributed by atoms with Crippen LogP contribution in [-0.2, 0) is 10.0 Å². The highest BCUT2D eigenvalue weighted by Gasteiger charge is 2.35. The summed E-state index contributed by atoms with van der Waals surface area (Å²) in [4.78, 5) is 2.73. The Hall–Kier alpha value is -1.31. The topological polar surface area (TPSA) is 59.1 Å². The van der Waals surface area contributed by atoms with Gasteiger partial charge in [0, 0.05) is 31.7 Å². The lowest BCUT2D eigenvalue weighted by molar-refractivity contribution is 0.0851. The van der Waals surface area contributed by atoms with Crippen molar-refractivity contribution in [1.29, 1.82) is 0 Å². The van der Waals surface area contributed by atoms with E-state index in [9.17, 15) is 8.42 Å². The zero-order valence-corrected chi connectivity index (χ0v) is 13.9. The second-order valence-electron chi connectivity index (χ2n) is 6.35. The normalized spacial score (nSPS) is 25.8. The van der Waals surface area contributed by atoms with Gasteiger partial charge in [-0.05, 0) is 31.5 Å². The van der Waals surface area contributed by atoms with Gasteiger partial charge in [-0.25, -0.2) is 8.42 Å². The maximum atomic E-state index is 13.0. The molecule has 1 aromatic carbocycles. The molecular formula is C16H22N2O4S. The van der Waals surface area contributed by atoms with E-state index < -0.39 is 10.0 Å². The molecular weight excluding hydrogens is 316 g/mol. The Morgan fingerprint density at radius 2 is 1.83 bits per heavy atom. The maximum Gasteiger partial charge on any atom is 0.243 e. The van der Waals surface area contributed by atoms with E-state index >= 15 is 0 Å². The highest BCUT2D eigenvalue weighted by molar-refractivity contribution is 7.89. The molecule has 0 aromatic heterocycles. The Morgan fingerprint density at radius 1 is 1.00 bits per heavy atom. The Balaban J connectivity index is 1.57. The molecule has 3 aliphatic heterocycles. The van der Waals surface area contributed by atoms with Crippen molar-refractivity contribution in [2.24, 2.45) is 0 Å². The number of sulfonamides is 1. The van der Waals surface area contributed by atoms with Crippen LogP contribution < -0.4 is 9.47 Å². The molecule has 0 saturated carbocycles. The van der Waals surface area contributed by atoms with E-state index in [4.69, 9.17) is 9.47 Å². The first-order chi connectivity index (χ1) is 11.1. The zero-order valence-electron chi connectivity index (χ0n) is 13.1. The maximum absolute atomic E-state index is 13.0. The molecule has 0 bridgehead atoms. The summed E-state index contributed by atoms with van der Waals surface area (Å²) in [5.41, 5.74) is 0. The Labute approximate surface area is 137 Å². The molecule has 3 aliphatic rings. The van der Waals surface area contributed by atoms with Crippen molar-refractivity contribution in [3.63, 3.8) is 0 Å². The molecule has 1 aromatic rings. The number of benzene rings is 1. The molecule has 2 fully saturated rings. The summed E-state index contributed by atoms with van der Waals surface area (Å²) in [7, 11) is -3.47. The Morgan fingerprint density at radius 3 is 2.70 bits per heavy atom. The van der Waals surface area contributed by atoms with E-state index in [1.807, 2.05) is 0 Å². The first-order valence-corrected chi connectivity index (χ1v) is 9.72. The number of ether oxygens (including phenoxy) is 2. The van der Waals surface area contributed by atoms with Crippen LogP contribution in [0, 0.1) is 0 Å². The van der Waals surface area contributed by atoms with Crippen molar-refractivity contribution in [3.05, 3.63) is 18.2 Å². The van der Waals surface area contributed by atoms with Crippen molar-refractivity contribution < 1.29 is 17.9 Å². The molecule has 6 nitrogen and oxygen atoms in total. The molecule has 0 aliphatic carbocycles. The SMILES string of the molecule is O=S(=O)(c1ccc2c(c1)OCCO2)N1CCN2CCCC[C@H]2C1. The van der Waals surface area contributed by atoms with Crippen LogP contribution in [-0.4, -0.2) is 63.1 Å². The highest BCUT2D eigenvalue weighted by atomic mass is 32.2. The Bertz CT molecular complexity index is 691. The number of hydrogen-bond donors (Lipinski definition) is 0. The van der Waals surface area contributed by atoms with Crippen LogP contribution in [0.5, 0.6) is 11.5 Å². The van der Waals surface area contributed by atoms with Crippen LogP contribution in [0.15, 0.2) is 23.1 Å². The molecule has 126 valence electrons. The smallest absolute Gasteiger partial charge is 0.243 e. The van der Waals surface area contributed by atoms with Gasteiger partial charge < -0.3 is 9.47 Å². The van der Waals surface area contributed by atoms with E-state index in [0.29, 0.717) is 48.7 Å². The molecule has 1 atom stereocenters. The third-order valence-electron chi connectivity index (χ3n) is 4.95. The summed E-state index contributed by atoms with van der Waals surface area (Å²) in [6, 6.07) is 5.27. The van der Waals surface area contributed by atoms with Crippen molar-refractivity contribution in [2.45, 2.75) is 30.2 Å². The zero-order chi connectivity index (χ0) is 15.9. The number of nitrogens with zero attached hydrogens (tertiary/aromatic N) is 2. The average Bonchev–Trinajstić information content (AvgIpc) is 2.61. The number of fused-ring (bicyclic) bond motifs is 2. The minimum absolute atomic E-state index is 0.297. The second-order valence-corrected chi connectivity index (χ2v) is 8.29. The minimum Gasteiger partial charge on any atom is -0.486 e. The van der Waals surface area contributed by atoms with E-state index in [-0.39, 0.29) is 0 Å². The minimum atomic E-state index is -3.47. The molecule has 0 N–H and O–H groups in total. The van der Waals surface area contributed by atoms with Crippen LogP contribution in [0.1, 0.15) is 19.3 Å². The average molecular weight is 338 g/mol. The van der Waals surface area contributed by atoms with Crippen LogP contribution in [0.4, 0.5) is 0 Å². The first kappa shape index (κ1) is 15.2. The quantitative estimate of drug-likeness (QED) is 0.814. The fourth-order valence-corrected chi connectivity index (χ4v) is 5.16. The molecule has 0 spiro atoms. The van der Waals surface area contributed by atoms with Gasteiger partial charge in [-0.1, -0.05) is 6.42 Å². The van der Waals surface area contributed by atoms with E-state index in [1.54, 1.807) is 22.5 Å². The largest absolute Gasteiger partial charge is 0.486 e. The van der Waals surface area contributed by atoms with Gasteiger partial charge in [-0.15, -0.1) is 0 Å². The van der Waals surface area contributed by atoms with E-state index in [2.05, 4.69) is 4.90 Å². The van der Waals surface area contributed by atoms with Gasteiger partial charge in [0.25, 0.3) is 0 Å². The molecule has 4 rings (SSSR count). The summed E-state index contributed by atoms with van der Waals surface area (Å²) in [6.45, 7) is 4.04. The monoisotopic (exact) mass is 338 g/mol. The number of piperidine rings is 1. The second kappa shape index (κ2) is 5.96. The van der Waals surface area contributed by atoms with Gasteiger partial charge in [0.1, 0.15) is 13.2 Å². The molecule has 0 amide bonds. The molecule has 2 saturated heterocycles. The number of rotatable bonds is 2. The summed E-state index contributed by atoms with van der Waals surface area (Å²) in [5, 5.41) is 0. The summed E-state index contributed by atoms with van der Waals surface area (Å²) >= 11 is 0. The van der Waals surface area contributed by atoms with Crippen molar-refractivity contribution in [2.75, 3.05) is 39.4 Å². The standard InChI is InChI=1S/C16H22N2O4S/c19-23(20,14-4-5-15-16(11-14)22-10-9-21-15)18-8-7-17-6-2-1-3-13(17)12-18/h4-5,11,13H,1-3,6-10,12H2/t13-/m0/s1. The molecule has 0 radical (unpaired) electrons. The van der Waals surface area contributed by atoms with Crippen LogP contribution in [0.3, 0.4) is 0 Å². The van der Waals surface area contributed by atoms with E-state index in [1.165, 1.54) is 12.8 Å². The number of piperazine rings is 1. The van der Waals surface area contributed by atoms with Gasteiger partial charge in [-0.3, -0.25) is 4.90 Å². The van der Waals surface area contributed by atoms with Gasteiger partial charge in [0.15, 0.2) is 11.5 Å². The van der Waals surface area contributed by atoms with Gasteiger partial charge in [-0.2, -0.15) is 4.31 Å². The summed E-state index contributed by atoms with van der Waals surface area (Å²) in [5.74, 6) is 1.14. The lowest BCUT2D eigenvalue weighted by Crippen LogP contribution is -2.56. The number of hydrogen-bond acceptors (Lipinski definition) is 5.